The van der Waals surface area contributed by atoms with Gasteiger partial charge in [-0.15, -0.1) is 11.3 Å². The summed E-state index contributed by atoms with van der Waals surface area (Å²) >= 11 is 0.920. The minimum absolute atomic E-state index is 0.0135. The second-order valence-electron chi connectivity index (χ2n) is 7.43. The Labute approximate surface area is 191 Å². The van der Waals surface area contributed by atoms with E-state index in [1.54, 1.807) is 0 Å². The fraction of sp³-hybridized carbons (Fsp3) is 0.444. The van der Waals surface area contributed by atoms with E-state index in [-0.39, 0.29) is 40.8 Å². The molecule has 4 rings (SSSR count). The first kappa shape index (κ1) is 23.5. The fourth-order valence-corrected chi connectivity index (χ4v) is 5.57. The normalized spacial score (nSPS) is 17.2. The number of aliphatic hydroxyl groups is 1. The molecule has 1 aliphatic heterocycles. The maximum absolute atomic E-state index is 13.5. The highest BCUT2D eigenvalue weighted by atomic mass is 32.2. The van der Waals surface area contributed by atoms with Crippen molar-refractivity contribution in [2.24, 2.45) is 0 Å². The maximum atomic E-state index is 13.5. The van der Waals surface area contributed by atoms with Crippen molar-refractivity contribution < 1.29 is 26.7 Å². The van der Waals surface area contributed by atoms with Crippen molar-refractivity contribution in [2.75, 3.05) is 18.4 Å². The van der Waals surface area contributed by atoms with E-state index in [1.807, 2.05) is 0 Å². The van der Waals surface area contributed by atoms with Crippen LogP contribution in [0.25, 0.3) is 10.7 Å². The molecule has 0 aromatic carbocycles. The highest BCUT2D eigenvalue weighted by Crippen LogP contribution is 2.38. The molecule has 10 nitrogen and oxygen atoms in total. The summed E-state index contributed by atoms with van der Waals surface area (Å²) in [6, 6.07) is -0.232. The van der Waals surface area contributed by atoms with Gasteiger partial charge in [-0.25, -0.2) is 28.4 Å². The molecule has 15 heteroatoms. The first-order chi connectivity index (χ1) is 15.6. The van der Waals surface area contributed by atoms with Gasteiger partial charge in [-0.1, -0.05) is 0 Å². The zero-order valence-electron chi connectivity index (χ0n) is 17.2. The average molecular weight is 504 g/mol. The van der Waals surface area contributed by atoms with Crippen molar-refractivity contribution in [1.82, 2.24) is 29.2 Å². The van der Waals surface area contributed by atoms with Crippen molar-refractivity contribution in [3.8, 4) is 10.7 Å². The van der Waals surface area contributed by atoms with Gasteiger partial charge in [0.2, 0.25) is 5.95 Å². The summed E-state index contributed by atoms with van der Waals surface area (Å²) in [5.41, 5.74) is -1.41. The summed E-state index contributed by atoms with van der Waals surface area (Å²) in [5.74, 6) is -0.0135. The minimum Gasteiger partial charge on any atom is -0.388 e. The van der Waals surface area contributed by atoms with Gasteiger partial charge in [0.15, 0.2) is 5.03 Å². The maximum Gasteiger partial charge on any atom is 0.420 e. The number of aromatic nitrogens is 5. The minimum atomic E-state index is -4.68. The lowest BCUT2D eigenvalue weighted by Crippen LogP contribution is -2.42. The van der Waals surface area contributed by atoms with Crippen LogP contribution in [0.3, 0.4) is 0 Å². The molecule has 0 radical (unpaired) electrons. The zero-order chi connectivity index (χ0) is 23.8. The molecular formula is C18H20F3N7O3S2. The van der Waals surface area contributed by atoms with Gasteiger partial charge in [0.25, 0.3) is 10.0 Å². The molecule has 0 aliphatic carbocycles. The Bertz CT molecular complexity index is 1210. The van der Waals surface area contributed by atoms with Crippen LogP contribution in [0.1, 0.15) is 36.3 Å². The van der Waals surface area contributed by atoms with Gasteiger partial charge in [0.1, 0.15) is 16.3 Å². The molecule has 3 aromatic heterocycles. The van der Waals surface area contributed by atoms with Crippen molar-refractivity contribution in [1.29, 1.82) is 0 Å². The summed E-state index contributed by atoms with van der Waals surface area (Å²) in [6.45, 7) is 1.92. The van der Waals surface area contributed by atoms with Crippen LogP contribution in [0.4, 0.5) is 19.1 Å². The Kier molecular flexibility index (Phi) is 6.39. The first-order valence-corrected chi connectivity index (χ1v) is 12.1. The molecule has 1 unspecified atom stereocenters. The van der Waals surface area contributed by atoms with Gasteiger partial charge in [0.05, 0.1) is 17.3 Å². The molecule has 1 aliphatic rings. The van der Waals surface area contributed by atoms with Crippen molar-refractivity contribution in [3.63, 3.8) is 0 Å². The number of piperidine rings is 1. The van der Waals surface area contributed by atoms with E-state index in [1.165, 1.54) is 29.9 Å². The van der Waals surface area contributed by atoms with Crippen LogP contribution in [-0.2, 0) is 16.2 Å². The van der Waals surface area contributed by atoms with Crippen LogP contribution in [-0.4, -0.2) is 61.9 Å². The second-order valence-corrected chi connectivity index (χ2v) is 10.4. The molecule has 0 amide bonds. The summed E-state index contributed by atoms with van der Waals surface area (Å²) in [7, 11) is -3.70. The number of thiazole rings is 1. The number of aromatic amines is 1. The molecule has 1 saturated heterocycles. The number of anilines is 1. The average Bonchev–Trinajstić information content (AvgIpc) is 3.46. The Hall–Kier alpha value is -2.62. The Morgan fingerprint density at radius 3 is 2.55 bits per heavy atom. The molecule has 0 spiro atoms. The SMILES string of the molecule is CC(O)c1cnc(-c2nc(NC3CCN(S(=O)(=O)c4c[nH]cn4)CC3)ncc2C(F)(F)F)s1. The van der Waals surface area contributed by atoms with E-state index in [2.05, 4.69) is 30.2 Å². The van der Waals surface area contributed by atoms with Crippen LogP contribution in [0, 0.1) is 0 Å². The third-order valence-corrected chi connectivity index (χ3v) is 8.07. The van der Waals surface area contributed by atoms with Gasteiger partial charge >= 0.3 is 6.18 Å². The van der Waals surface area contributed by atoms with Crippen molar-refractivity contribution in [3.05, 3.63) is 35.4 Å². The summed E-state index contributed by atoms with van der Waals surface area (Å²) in [4.78, 5) is 18.7. The van der Waals surface area contributed by atoms with Crippen LogP contribution in [0.15, 0.2) is 29.9 Å². The lowest BCUT2D eigenvalue weighted by Gasteiger charge is -2.31. The quantitative estimate of drug-likeness (QED) is 0.467. The summed E-state index contributed by atoms with van der Waals surface area (Å²) in [5, 5.41) is 12.6. The zero-order valence-corrected chi connectivity index (χ0v) is 18.9. The third kappa shape index (κ3) is 5.00. The smallest absolute Gasteiger partial charge is 0.388 e. The number of hydrogen-bond donors (Lipinski definition) is 3. The number of halogens is 3. The fourth-order valence-electron chi connectivity index (χ4n) is 3.35. The van der Waals surface area contributed by atoms with E-state index in [0.717, 1.165) is 11.3 Å². The van der Waals surface area contributed by atoms with E-state index in [4.69, 9.17) is 0 Å². The highest BCUT2D eigenvalue weighted by Gasteiger charge is 2.37. The van der Waals surface area contributed by atoms with Crippen molar-refractivity contribution in [2.45, 2.75) is 43.1 Å². The molecule has 3 N–H and O–H groups in total. The molecule has 0 saturated carbocycles. The highest BCUT2D eigenvalue weighted by molar-refractivity contribution is 7.89. The van der Waals surface area contributed by atoms with E-state index in [9.17, 15) is 26.7 Å². The Morgan fingerprint density at radius 1 is 1.24 bits per heavy atom. The summed E-state index contributed by atoms with van der Waals surface area (Å²) < 4.78 is 67.0. The van der Waals surface area contributed by atoms with Crippen LogP contribution in [0.5, 0.6) is 0 Å². The van der Waals surface area contributed by atoms with Gasteiger partial charge in [-0.3, -0.25) is 0 Å². The van der Waals surface area contributed by atoms with Crippen LogP contribution in [0.2, 0.25) is 0 Å². The number of alkyl halides is 3. The Balaban J connectivity index is 1.51. The van der Waals surface area contributed by atoms with E-state index >= 15 is 0 Å². The van der Waals surface area contributed by atoms with Crippen molar-refractivity contribution >= 4 is 27.3 Å². The predicted molar refractivity (Wildman–Crippen MR) is 113 cm³/mol. The number of imidazole rings is 1. The van der Waals surface area contributed by atoms with Gasteiger partial charge in [-0.05, 0) is 19.8 Å². The van der Waals surface area contributed by atoms with E-state index < -0.39 is 27.9 Å². The van der Waals surface area contributed by atoms with Crippen LogP contribution >= 0.6 is 11.3 Å². The number of hydrogen-bond acceptors (Lipinski definition) is 9. The number of nitrogens with zero attached hydrogens (tertiary/aromatic N) is 5. The van der Waals surface area contributed by atoms with E-state index in [0.29, 0.717) is 23.9 Å². The number of aliphatic hydroxyl groups excluding tert-OH is 1. The van der Waals surface area contributed by atoms with Gasteiger partial charge in [0, 0.05) is 37.7 Å². The lowest BCUT2D eigenvalue weighted by atomic mass is 10.1. The number of sulfonamides is 1. The molecule has 3 aromatic rings. The molecule has 178 valence electrons. The van der Waals surface area contributed by atoms with Gasteiger partial charge in [-0.2, -0.15) is 17.5 Å². The molecule has 1 fully saturated rings. The van der Waals surface area contributed by atoms with Gasteiger partial charge < -0.3 is 15.4 Å². The molecule has 33 heavy (non-hydrogen) atoms. The number of H-pyrrole nitrogens is 1. The standard InChI is InChI=1S/C18H20F3N7O3S2/c1-10(29)13-7-23-16(32-13)15-12(18(19,20)21)6-24-17(27-15)26-11-2-4-28(5-3-11)33(30,31)14-8-22-9-25-14/h6-11,29H,2-5H2,1H3,(H,22,25)(H,24,26,27). The number of nitrogens with one attached hydrogen (secondary N) is 2. The lowest BCUT2D eigenvalue weighted by molar-refractivity contribution is -0.137. The van der Waals surface area contributed by atoms with Crippen LogP contribution < -0.4 is 5.32 Å². The third-order valence-electron chi connectivity index (χ3n) is 5.10. The molecule has 0 bridgehead atoms. The molecular weight excluding hydrogens is 483 g/mol. The predicted octanol–water partition coefficient (Wildman–Crippen LogP) is 2.66. The topological polar surface area (TPSA) is 137 Å². The first-order valence-electron chi connectivity index (χ1n) is 9.89. The monoisotopic (exact) mass is 503 g/mol. The largest absolute Gasteiger partial charge is 0.420 e. The second kappa shape index (κ2) is 8.96. The molecule has 4 heterocycles. The number of rotatable bonds is 6. The summed E-state index contributed by atoms with van der Waals surface area (Å²) in [6.07, 6.45) is -0.129. The molecule has 1 atom stereocenters. The Morgan fingerprint density at radius 2 is 1.97 bits per heavy atom.